The first-order valence-electron chi connectivity index (χ1n) is 12.2. The minimum Gasteiger partial charge on any atom is -0.462 e. The molecule has 4 aromatic rings. The second kappa shape index (κ2) is 10.1. The number of aromatic nitrogens is 1. The van der Waals surface area contributed by atoms with Crippen molar-refractivity contribution in [3.63, 3.8) is 0 Å². The van der Waals surface area contributed by atoms with Gasteiger partial charge in [-0.1, -0.05) is 18.2 Å². The molecular formula is C30H27N3O4. The fourth-order valence-corrected chi connectivity index (χ4v) is 4.55. The Balaban J connectivity index is 1.41. The van der Waals surface area contributed by atoms with Gasteiger partial charge < -0.3 is 19.5 Å². The van der Waals surface area contributed by atoms with Gasteiger partial charge in [-0.3, -0.25) is 9.59 Å². The summed E-state index contributed by atoms with van der Waals surface area (Å²) in [5, 5.41) is 2.90. The summed E-state index contributed by atoms with van der Waals surface area (Å²) in [7, 11) is 0. The van der Waals surface area contributed by atoms with E-state index in [0.717, 1.165) is 22.5 Å². The third-order valence-corrected chi connectivity index (χ3v) is 6.49. The van der Waals surface area contributed by atoms with Gasteiger partial charge in [0.2, 0.25) is 0 Å². The number of anilines is 2. The van der Waals surface area contributed by atoms with Gasteiger partial charge in [-0.15, -0.1) is 0 Å². The van der Waals surface area contributed by atoms with E-state index in [1.165, 1.54) is 0 Å². The minimum absolute atomic E-state index is 0.170. The number of esters is 1. The number of nitrogens with one attached hydrogen (secondary N) is 1. The number of rotatable bonds is 5. The van der Waals surface area contributed by atoms with Gasteiger partial charge in [-0.25, -0.2) is 4.79 Å². The van der Waals surface area contributed by atoms with E-state index in [9.17, 15) is 14.4 Å². The summed E-state index contributed by atoms with van der Waals surface area (Å²) in [6.45, 7) is 4.89. The van der Waals surface area contributed by atoms with Crippen molar-refractivity contribution in [3.05, 3.63) is 119 Å². The molecule has 186 valence electrons. The third kappa shape index (κ3) is 4.89. The van der Waals surface area contributed by atoms with E-state index in [1.807, 2.05) is 49.5 Å². The fourth-order valence-electron chi connectivity index (χ4n) is 4.55. The van der Waals surface area contributed by atoms with Crippen molar-refractivity contribution >= 4 is 29.2 Å². The van der Waals surface area contributed by atoms with Gasteiger partial charge in [0, 0.05) is 40.9 Å². The number of amides is 2. The molecule has 0 spiro atoms. The number of carbonyl (C=O) groups is 3. The lowest BCUT2D eigenvalue weighted by molar-refractivity contribution is 0.0526. The minimum atomic E-state index is -0.386. The summed E-state index contributed by atoms with van der Waals surface area (Å²) >= 11 is 0. The van der Waals surface area contributed by atoms with Crippen LogP contribution in [0.1, 0.15) is 54.8 Å². The van der Waals surface area contributed by atoms with Crippen LogP contribution in [0.2, 0.25) is 0 Å². The van der Waals surface area contributed by atoms with E-state index in [0.29, 0.717) is 42.1 Å². The Morgan fingerprint density at radius 1 is 0.892 bits per heavy atom. The second-order valence-corrected chi connectivity index (χ2v) is 8.93. The second-order valence-electron chi connectivity index (χ2n) is 8.93. The molecule has 7 heteroatoms. The van der Waals surface area contributed by atoms with Crippen LogP contribution in [0.3, 0.4) is 0 Å². The van der Waals surface area contributed by atoms with Gasteiger partial charge in [-0.2, -0.15) is 0 Å². The van der Waals surface area contributed by atoms with Crippen LogP contribution in [0, 0.1) is 6.92 Å². The number of hydrogen-bond donors (Lipinski definition) is 1. The number of fused-ring (bicyclic) bond motifs is 2. The van der Waals surface area contributed by atoms with Crippen LogP contribution < -0.4 is 10.2 Å². The summed E-state index contributed by atoms with van der Waals surface area (Å²) in [5.74, 6) is -0.753. The van der Waals surface area contributed by atoms with E-state index in [4.69, 9.17) is 4.74 Å². The maximum absolute atomic E-state index is 13.7. The molecule has 1 aliphatic heterocycles. The van der Waals surface area contributed by atoms with Crippen LogP contribution in [0.5, 0.6) is 0 Å². The van der Waals surface area contributed by atoms with E-state index >= 15 is 0 Å². The Hall–Kier alpha value is -4.65. The number of carbonyl (C=O) groups excluding carboxylic acids is 3. The molecule has 0 aliphatic carbocycles. The lowest BCUT2D eigenvalue weighted by Gasteiger charge is -2.23. The van der Waals surface area contributed by atoms with Crippen LogP contribution in [0.25, 0.3) is 0 Å². The Morgan fingerprint density at radius 3 is 2.41 bits per heavy atom. The van der Waals surface area contributed by atoms with Crippen LogP contribution in [0.4, 0.5) is 11.4 Å². The molecule has 0 atom stereocenters. The molecule has 37 heavy (non-hydrogen) atoms. The summed E-state index contributed by atoms with van der Waals surface area (Å²) in [5.41, 5.74) is 5.65. The van der Waals surface area contributed by atoms with Crippen molar-refractivity contribution < 1.29 is 19.1 Å². The standard InChI is InChI=1S/C30H27N3O4/c1-3-37-30(36)22-12-15-27-23(17-22)18-32-16-6-8-25(32)19-33(27)29(35)21-10-13-24(14-11-21)31-28(34)26-9-5-4-7-20(26)2/h4-17H,3,18-19H2,1-2H3,(H,31,34). The van der Waals surface area contributed by atoms with Gasteiger partial charge in [0.15, 0.2) is 0 Å². The lowest BCUT2D eigenvalue weighted by Crippen LogP contribution is -2.30. The average Bonchev–Trinajstić information content (AvgIpc) is 3.27. The van der Waals surface area contributed by atoms with Gasteiger partial charge in [-0.05, 0) is 85.6 Å². The molecule has 7 nitrogen and oxygen atoms in total. The van der Waals surface area contributed by atoms with Crippen LogP contribution in [0.15, 0.2) is 85.1 Å². The zero-order valence-corrected chi connectivity index (χ0v) is 20.7. The van der Waals surface area contributed by atoms with E-state index < -0.39 is 0 Å². The molecule has 0 saturated carbocycles. The van der Waals surface area contributed by atoms with Gasteiger partial charge in [0.05, 0.1) is 18.7 Å². The topological polar surface area (TPSA) is 80.6 Å². The average molecular weight is 494 g/mol. The van der Waals surface area contributed by atoms with E-state index in [-0.39, 0.29) is 17.8 Å². The highest BCUT2D eigenvalue weighted by Crippen LogP contribution is 2.30. The van der Waals surface area contributed by atoms with Gasteiger partial charge in [0.25, 0.3) is 11.8 Å². The highest BCUT2D eigenvalue weighted by atomic mass is 16.5. The van der Waals surface area contributed by atoms with E-state index in [1.54, 1.807) is 54.3 Å². The quantitative estimate of drug-likeness (QED) is 0.376. The maximum atomic E-state index is 13.7. The van der Waals surface area contributed by atoms with Crippen LogP contribution >= 0.6 is 0 Å². The molecule has 1 aromatic heterocycles. The summed E-state index contributed by atoms with van der Waals surface area (Å²) < 4.78 is 7.24. The van der Waals surface area contributed by atoms with Crippen LogP contribution in [-0.2, 0) is 17.8 Å². The largest absolute Gasteiger partial charge is 0.462 e. The van der Waals surface area contributed by atoms with Crippen molar-refractivity contribution in [2.75, 3.05) is 16.8 Å². The predicted octanol–water partition coefficient (Wildman–Crippen LogP) is 5.43. The number of hydrogen-bond acceptors (Lipinski definition) is 4. The molecule has 2 amide bonds. The highest BCUT2D eigenvalue weighted by Gasteiger charge is 2.26. The molecule has 0 saturated heterocycles. The first kappa shape index (κ1) is 24.1. The monoisotopic (exact) mass is 493 g/mol. The Bertz CT molecular complexity index is 1490. The molecule has 0 bridgehead atoms. The number of benzene rings is 3. The van der Waals surface area contributed by atoms with Gasteiger partial charge >= 0.3 is 5.97 Å². The normalized spacial score (nSPS) is 12.2. The summed E-state index contributed by atoms with van der Waals surface area (Å²) in [6, 6.07) is 23.5. The van der Waals surface area contributed by atoms with E-state index in [2.05, 4.69) is 9.88 Å². The van der Waals surface area contributed by atoms with Gasteiger partial charge in [0.1, 0.15) is 0 Å². The van der Waals surface area contributed by atoms with Crippen molar-refractivity contribution in [1.29, 1.82) is 0 Å². The fraction of sp³-hybridized carbons (Fsp3) is 0.167. The molecular weight excluding hydrogens is 466 g/mol. The van der Waals surface area contributed by atoms with Crippen molar-refractivity contribution in [2.24, 2.45) is 0 Å². The Morgan fingerprint density at radius 2 is 1.65 bits per heavy atom. The zero-order chi connectivity index (χ0) is 25.9. The SMILES string of the molecule is CCOC(=O)c1ccc2c(c1)Cn1cccc1CN2C(=O)c1ccc(NC(=O)c2ccccc2C)cc1. The molecule has 0 unspecified atom stereocenters. The zero-order valence-electron chi connectivity index (χ0n) is 20.7. The Kier molecular flexibility index (Phi) is 6.60. The number of aryl methyl sites for hydroxylation is 1. The van der Waals surface area contributed by atoms with Crippen molar-refractivity contribution in [3.8, 4) is 0 Å². The molecule has 1 aliphatic rings. The van der Waals surface area contributed by atoms with Crippen molar-refractivity contribution in [2.45, 2.75) is 26.9 Å². The summed E-state index contributed by atoms with van der Waals surface area (Å²) in [6.07, 6.45) is 1.97. The Labute approximate surface area is 215 Å². The summed E-state index contributed by atoms with van der Waals surface area (Å²) in [4.78, 5) is 40.4. The number of ether oxygens (including phenoxy) is 1. The smallest absolute Gasteiger partial charge is 0.338 e. The first-order valence-corrected chi connectivity index (χ1v) is 12.2. The molecule has 2 heterocycles. The molecule has 0 radical (unpaired) electrons. The van der Waals surface area contributed by atoms with Crippen LogP contribution in [-0.4, -0.2) is 29.0 Å². The molecule has 0 fully saturated rings. The number of nitrogens with zero attached hydrogens (tertiary/aromatic N) is 2. The first-order chi connectivity index (χ1) is 17.9. The maximum Gasteiger partial charge on any atom is 0.338 e. The molecule has 5 rings (SSSR count). The predicted molar refractivity (Wildman–Crippen MR) is 142 cm³/mol. The highest BCUT2D eigenvalue weighted by molar-refractivity contribution is 6.08. The molecule has 3 aromatic carbocycles. The lowest BCUT2D eigenvalue weighted by atomic mass is 10.1. The molecule has 1 N–H and O–H groups in total. The van der Waals surface area contributed by atoms with Crippen molar-refractivity contribution in [1.82, 2.24) is 4.57 Å². The third-order valence-electron chi connectivity index (χ3n) is 6.49.